The summed E-state index contributed by atoms with van der Waals surface area (Å²) < 4.78 is 5.77. The van der Waals surface area contributed by atoms with Gasteiger partial charge in [-0.05, 0) is 122 Å². The van der Waals surface area contributed by atoms with Crippen LogP contribution in [0.1, 0.15) is 113 Å². The molecule has 4 rings (SSSR count). The molecule has 0 aliphatic heterocycles. The Balaban J connectivity index is 1.46. The third-order valence-corrected chi connectivity index (χ3v) is 11.9. The summed E-state index contributed by atoms with van der Waals surface area (Å²) in [7, 11) is 0. The molecule has 4 aliphatic rings. The summed E-state index contributed by atoms with van der Waals surface area (Å²) in [5.41, 5.74) is 2.43. The van der Waals surface area contributed by atoms with Crippen LogP contribution >= 0.6 is 0 Å². The van der Waals surface area contributed by atoms with E-state index in [1.807, 2.05) is 0 Å². The molecular formula is C31H52O2. The lowest BCUT2D eigenvalue weighted by molar-refractivity contribution is -0.173. The van der Waals surface area contributed by atoms with Crippen molar-refractivity contribution in [3.05, 3.63) is 12.2 Å². The third-order valence-electron chi connectivity index (χ3n) is 11.9. The standard InChI is InChI=1S/C31H52O2/c1-19(2)20(3)9-10-21(4)25-13-14-27-24-11-12-26-22(5)29(33-23(6)32)16-18-31(26,8)28(24)15-17-30(25,27)7/h19,21-22,24-29H,3,9-18H2,1-2,4-8H3. The van der Waals surface area contributed by atoms with E-state index < -0.39 is 0 Å². The van der Waals surface area contributed by atoms with Gasteiger partial charge in [-0.1, -0.05) is 53.7 Å². The van der Waals surface area contributed by atoms with Crippen LogP contribution in [0.25, 0.3) is 0 Å². The number of esters is 1. The highest BCUT2D eigenvalue weighted by Gasteiger charge is 2.61. The Morgan fingerprint density at radius 3 is 2.24 bits per heavy atom. The molecule has 0 spiro atoms. The summed E-state index contributed by atoms with van der Waals surface area (Å²) in [6.07, 6.45) is 13.5. The highest BCUT2D eigenvalue weighted by molar-refractivity contribution is 5.66. The summed E-state index contributed by atoms with van der Waals surface area (Å²) >= 11 is 0. The Morgan fingerprint density at radius 2 is 1.58 bits per heavy atom. The van der Waals surface area contributed by atoms with Gasteiger partial charge in [-0.25, -0.2) is 0 Å². The van der Waals surface area contributed by atoms with Gasteiger partial charge in [0.25, 0.3) is 0 Å². The fourth-order valence-corrected chi connectivity index (χ4v) is 9.95. The smallest absolute Gasteiger partial charge is 0.302 e. The predicted molar refractivity (Wildman–Crippen MR) is 138 cm³/mol. The first-order valence-electron chi connectivity index (χ1n) is 14.3. The average Bonchev–Trinajstić information content (AvgIpc) is 3.11. The van der Waals surface area contributed by atoms with E-state index in [0.29, 0.717) is 22.7 Å². The van der Waals surface area contributed by atoms with Crippen molar-refractivity contribution in [3.63, 3.8) is 0 Å². The molecule has 33 heavy (non-hydrogen) atoms. The minimum Gasteiger partial charge on any atom is -0.462 e. The molecule has 4 aliphatic carbocycles. The van der Waals surface area contributed by atoms with E-state index in [1.165, 1.54) is 63.4 Å². The van der Waals surface area contributed by atoms with E-state index in [9.17, 15) is 4.79 Å². The van der Waals surface area contributed by atoms with Gasteiger partial charge in [-0.2, -0.15) is 0 Å². The van der Waals surface area contributed by atoms with Gasteiger partial charge in [0.15, 0.2) is 0 Å². The van der Waals surface area contributed by atoms with Crippen LogP contribution in [0.2, 0.25) is 0 Å². The molecule has 0 heterocycles. The van der Waals surface area contributed by atoms with E-state index in [2.05, 4.69) is 48.1 Å². The van der Waals surface area contributed by atoms with Crippen LogP contribution in [-0.4, -0.2) is 12.1 Å². The van der Waals surface area contributed by atoms with Crippen molar-refractivity contribution in [2.45, 2.75) is 119 Å². The van der Waals surface area contributed by atoms with Gasteiger partial charge in [0.1, 0.15) is 6.10 Å². The normalized spacial score (nSPS) is 45.6. The summed E-state index contributed by atoms with van der Waals surface area (Å²) in [4.78, 5) is 11.7. The van der Waals surface area contributed by atoms with Crippen molar-refractivity contribution < 1.29 is 9.53 Å². The molecule has 0 amide bonds. The first kappa shape index (κ1) is 25.3. The maximum Gasteiger partial charge on any atom is 0.302 e. The first-order chi connectivity index (χ1) is 15.5. The molecule has 188 valence electrons. The average molecular weight is 457 g/mol. The topological polar surface area (TPSA) is 26.3 Å². The van der Waals surface area contributed by atoms with Gasteiger partial charge in [-0.15, -0.1) is 0 Å². The second kappa shape index (κ2) is 9.34. The maximum absolute atomic E-state index is 11.7. The van der Waals surface area contributed by atoms with Crippen LogP contribution in [0.5, 0.6) is 0 Å². The maximum atomic E-state index is 11.7. The molecule has 0 bridgehead atoms. The minimum atomic E-state index is -0.0966. The molecule has 10 atom stereocenters. The monoisotopic (exact) mass is 456 g/mol. The Labute approximate surface area is 204 Å². The number of allylic oxidation sites excluding steroid dienone is 1. The third kappa shape index (κ3) is 4.35. The van der Waals surface area contributed by atoms with Gasteiger partial charge in [-0.3, -0.25) is 4.79 Å². The molecule has 0 aromatic carbocycles. The van der Waals surface area contributed by atoms with Crippen molar-refractivity contribution in [3.8, 4) is 0 Å². The molecule has 0 radical (unpaired) electrons. The van der Waals surface area contributed by atoms with Crippen LogP contribution < -0.4 is 0 Å². The van der Waals surface area contributed by atoms with E-state index in [0.717, 1.165) is 41.9 Å². The van der Waals surface area contributed by atoms with Crippen molar-refractivity contribution in [1.29, 1.82) is 0 Å². The molecule has 0 aromatic rings. The number of carbonyl (C=O) groups is 1. The molecule has 4 saturated carbocycles. The van der Waals surface area contributed by atoms with E-state index in [-0.39, 0.29) is 12.1 Å². The van der Waals surface area contributed by atoms with Gasteiger partial charge in [0.2, 0.25) is 0 Å². The van der Waals surface area contributed by atoms with E-state index in [4.69, 9.17) is 4.74 Å². The van der Waals surface area contributed by atoms with Crippen LogP contribution in [0.15, 0.2) is 12.2 Å². The van der Waals surface area contributed by atoms with E-state index in [1.54, 1.807) is 6.92 Å². The Hall–Kier alpha value is -0.790. The van der Waals surface area contributed by atoms with Crippen molar-refractivity contribution in [2.24, 2.45) is 58.2 Å². The lowest BCUT2D eigenvalue weighted by Crippen LogP contribution is -2.56. The molecule has 0 N–H and O–H groups in total. The van der Waals surface area contributed by atoms with Crippen LogP contribution in [0.3, 0.4) is 0 Å². The second-order valence-corrected chi connectivity index (χ2v) is 13.7. The van der Waals surface area contributed by atoms with Crippen molar-refractivity contribution in [1.82, 2.24) is 0 Å². The highest BCUT2D eigenvalue weighted by atomic mass is 16.5. The highest BCUT2D eigenvalue weighted by Crippen LogP contribution is 2.69. The molecular weight excluding hydrogens is 404 g/mol. The fourth-order valence-electron chi connectivity index (χ4n) is 9.95. The quantitative estimate of drug-likeness (QED) is 0.296. The van der Waals surface area contributed by atoms with Crippen molar-refractivity contribution >= 4 is 5.97 Å². The molecule has 2 nitrogen and oxygen atoms in total. The number of hydrogen-bond acceptors (Lipinski definition) is 2. The number of rotatable bonds is 6. The molecule has 4 fully saturated rings. The van der Waals surface area contributed by atoms with E-state index >= 15 is 0 Å². The van der Waals surface area contributed by atoms with Gasteiger partial charge >= 0.3 is 5.97 Å². The molecule has 2 heteroatoms. The first-order valence-corrected chi connectivity index (χ1v) is 14.3. The molecule has 10 unspecified atom stereocenters. The van der Waals surface area contributed by atoms with Gasteiger partial charge < -0.3 is 4.74 Å². The largest absolute Gasteiger partial charge is 0.462 e. The SMILES string of the molecule is C=C(CCC(C)C1CCC2C3CCC4C(C)C(OC(C)=O)CCC4(C)C3CCC12C)C(C)C. The summed E-state index contributed by atoms with van der Waals surface area (Å²) in [5, 5.41) is 0. The van der Waals surface area contributed by atoms with Crippen LogP contribution in [-0.2, 0) is 9.53 Å². The number of ether oxygens (including phenoxy) is 1. The summed E-state index contributed by atoms with van der Waals surface area (Å²) in [6.45, 7) is 20.8. The zero-order valence-electron chi connectivity index (χ0n) is 22.8. The zero-order chi connectivity index (χ0) is 24.1. The Morgan fingerprint density at radius 1 is 0.939 bits per heavy atom. The van der Waals surface area contributed by atoms with Crippen LogP contribution in [0, 0.1) is 58.2 Å². The second-order valence-electron chi connectivity index (χ2n) is 13.7. The predicted octanol–water partition coefficient (Wildman–Crippen LogP) is 8.45. The summed E-state index contributed by atoms with van der Waals surface area (Å²) in [5.74, 6) is 6.19. The molecule has 0 saturated heterocycles. The summed E-state index contributed by atoms with van der Waals surface area (Å²) in [6, 6.07) is 0. The minimum absolute atomic E-state index is 0.0966. The number of carbonyl (C=O) groups excluding carboxylic acids is 1. The zero-order valence-corrected chi connectivity index (χ0v) is 22.8. The van der Waals surface area contributed by atoms with Gasteiger partial charge in [0.05, 0.1) is 0 Å². The number of hydrogen-bond donors (Lipinski definition) is 0. The Kier molecular flexibility index (Phi) is 7.17. The number of fused-ring (bicyclic) bond motifs is 5. The molecule has 0 aromatic heterocycles. The lowest BCUT2D eigenvalue weighted by atomic mass is 9.43. The lowest BCUT2D eigenvalue weighted by Gasteiger charge is -2.62. The fraction of sp³-hybridized carbons (Fsp3) is 0.903. The van der Waals surface area contributed by atoms with Crippen molar-refractivity contribution in [2.75, 3.05) is 0 Å². The Bertz CT molecular complexity index is 739. The van der Waals surface area contributed by atoms with Crippen LogP contribution in [0.4, 0.5) is 0 Å². The van der Waals surface area contributed by atoms with Gasteiger partial charge in [0, 0.05) is 6.92 Å².